The molecule has 2 amide bonds. The fourth-order valence-corrected chi connectivity index (χ4v) is 2.43. The highest BCUT2D eigenvalue weighted by Gasteiger charge is 2.19. The number of rotatable bonds is 7. The number of amides is 2. The molecule has 1 aromatic carbocycles. The molecule has 1 N–H and O–H groups in total. The minimum absolute atomic E-state index is 0.0279. The molecule has 0 atom stereocenters. The number of likely N-dealkylation sites (N-methyl/N-ethyl adjacent to an activating group) is 1. The molecule has 0 saturated carbocycles. The van der Waals surface area contributed by atoms with Crippen molar-refractivity contribution in [3.05, 3.63) is 52.7 Å². The Hall–Kier alpha value is -2.70. The van der Waals surface area contributed by atoms with Crippen molar-refractivity contribution in [3.63, 3.8) is 0 Å². The highest BCUT2D eigenvalue weighted by Crippen LogP contribution is 2.14. The number of carbonyl (C=O) groups is 2. The maximum atomic E-state index is 12.9. The summed E-state index contributed by atoms with van der Waals surface area (Å²) < 4.78 is 17.9. The molecule has 134 valence electrons. The van der Waals surface area contributed by atoms with E-state index in [1.807, 2.05) is 6.92 Å². The van der Waals surface area contributed by atoms with E-state index in [9.17, 15) is 14.0 Å². The Labute approximate surface area is 146 Å². The standard InChI is InChI=1S/C18H22FN3O3/c1-4-22(18(24)9-16-12(2)21-25-13(16)3)11-17(23)20-10-14-5-7-15(19)8-6-14/h5-8H,4,9-11H2,1-3H3,(H,20,23). The Balaban J connectivity index is 1.88. The van der Waals surface area contributed by atoms with Crippen molar-refractivity contribution in [1.82, 2.24) is 15.4 Å². The summed E-state index contributed by atoms with van der Waals surface area (Å²) in [5.74, 6) is -0.132. The van der Waals surface area contributed by atoms with Gasteiger partial charge < -0.3 is 14.7 Å². The molecule has 7 heteroatoms. The molecule has 1 heterocycles. The summed E-state index contributed by atoms with van der Waals surface area (Å²) in [5, 5.41) is 6.57. The van der Waals surface area contributed by atoms with Gasteiger partial charge in [-0.3, -0.25) is 9.59 Å². The molecule has 6 nitrogen and oxygen atoms in total. The maximum Gasteiger partial charge on any atom is 0.239 e. The van der Waals surface area contributed by atoms with Crippen molar-refractivity contribution in [2.24, 2.45) is 0 Å². The van der Waals surface area contributed by atoms with Gasteiger partial charge >= 0.3 is 0 Å². The van der Waals surface area contributed by atoms with Crippen molar-refractivity contribution in [2.75, 3.05) is 13.1 Å². The van der Waals surface area contributed by atoms with E-state index in [2.05, 4.69) is 10.5 Å². The number of hydrogen-bond donors (Lipinski definition) is 1. The molecule has 0 unspecified atom stereocenters. The first-order valence-corrected chi connectivity index (χ1v) is 8.11. The number of aryl methyl sites for hydroxylation is 2. The molecule has 25 heavy (non-hydrogen) atoms. The average molecular weight is 347 g/mol. The zero-order valence-electron chi connectivity index (χ0n) is 14.6. The SMILES string of the molecule is CCN(CC(=O)NCc1ccc(F)cc1)C(=O)Cc1c(C)noc1C. The molecular formula is C18H22FN3O3. The third-order valence-corrected chi connectivity index (χ3v) is 3.98. The minimum atomic E-state index is -0.322. The highest BCUT2D eigenvalue weighted by molar-refractivity contribution is 5.86. The third kappa shape index (κ3) is 5.14. The van der Waals surface area contributed by atoms with Gasteiger partial charge in [0.15, 0.2) is 0 Å². The van der Waals surface area contributed by atoms with E-state index in [0.29, 0.717) is 18.0 Å². The fourth-order valence-electron chi connectivity index (χ4n) is 2.43. The lowest BCUT2D eigenvalue weighted by molar-refractivity contribution is -0.135. The van der Waals surface area contributed by atoms with Crippen LogP contribution in [0.5, 0.6) is 0 Å². The Morgan fingerprint density at radius 3 is 2.48 bits per heavy atom. The van der Waals surface area contributed by atoms with Gasteiger partial charge in [0, 0.05) is 18.7 Å². The summed E-state index contributed by atoms with van der Waals surface area (Å²) in [4.78, 5) is 26.0. The van der Waals surface area contributed by atoms with Crippen LogP contribution in [0.25, 0.3) is 0 Å². The Morgan fingerprint density at radius 1 is 1.24 bits per heavy atom. The number of nitrogens with zero attached hydrogens (tertiary/aromatic N) is 2. The molecule has 0 radical (unpaired) electrons. The molecule has 2 aromatic rings. The van der Waals surface area contributed by atoms with Crippen molar-refractivity contribution in [3.8, 4) is 0 Å². The maximum absolute atomic E-state index is 12.9. The second kappa shape index (κ2) is 8.41. The first kappa shape index (κ1) is 18.6. The van der Waals surface area contributed by atoms with Crippen LogP contribution < -0.4 is 5.32 Å². The van der Waals surface area contributed by atoms with Crippen LogP contribution in [0.2, 0.25) is 0 Å². The quantitative estimate of drug-likeness (QED) is 0.833. The number of halogens is 1. The molecule has 0 saturated heterocycles. The van der Waals surface area contributed by atoms with Crippen LogP contribution in [-0.2, 0) is 22.6 Å². The number of aromatic nitrogens is 1. The van der Waals surface area contributed by atoms with Gasteiger partial charge in [-0.15, -0.1) is 0 Å². The highest BCUT2D eigenvalue weighted by atomic mass is 19.1. The van der Waals surface area contributed by atoms with Crippen LogP contribution in [0.4, 0.5) is 4.39 Å². The van der Waals surface area contributed by atoms with Gasteiger partial charge in [-0.25, -0.2) is 4.39 Å². The molecule has 0 aliphatic carbocycles. The van der Waals surface area contributed by atoms with Gasteiger partial charge in [0.05, 0.1) is 18.7 Å². The van der Waals surface area contributed by atoms with E-state index in [0.717, 1.165) is 11.1 Å². The third-order valence-electron chi connectivity index (χ3n) is 3.98. The van der Waals surface area contributed by atoms with Gasteiger partial charge in [0.2, 0.25) is 11.8 Å². The molecule has 0 aliphatic rings. The zero-order valence-corrected chi connectivity index (χ0v) is 14.6. The predicted octanol–water partition coefficient (Wildman–Crippen LogP) is 2.14. The summed E-state index contributed by atoms with van der Waals surface area (Å²) in [6.07, 6.45) is 0.153. The molecule has 0 fully saturated rings. The van der Waals surface area contributed by atoms with Crippen LogP contribution in [0.3, 0.4) is 0 Å². The van der Waals surface area contributed by atoms with Gasteiger partial charge in [-0.1, -0.05) is 17.3 Å². The number of hydrogen-bond acceptors (Lipinski definition) is 4. The van der Waals surface area contributed by atoms with E-state index in [1.165, 1.54) is 17.0 Å². The minimum Gasteiger partial charge on any atom is -0.361 e. The Morgan fingerprint density at radius 2 is 1.92 bits per heavy atom. The number of nitrogens with one attached hydrogen (secondary N) is 1. The van der Waals surface area contributed by atoms with E-state index in [-0.39, 0.29) is 37.1 Å². The van der Waals surface area contributed by atoms with E-state index < -0.39 is 0 Å². The summed E-state index contributed by atoms with van der Waals surface area (Å²) in [6.45, 7) is 6.04. The van der Waals surface area contributed by atoms with Gasteiger partial charge in [0.1, 0.15) is 11.6 Å². The van der Waals surface area contributed by atoms with Crippen molar-refractivity contribution >= 4 is 11.8 Å². The summed E-state index contributed by atoms with van der Waals surface area (Å²) in [6, 6.07) is 5.89. The topological polar surface area (TPSA) is 75.4 Å². The van der Waals surface area contributed by atoms with Crippen molar-refractivity contribution < 1.29 is 18.5 Å². The lowest BCUT2D eigenvalue weighted by Crippen LogP contribution is -2.41. The monoisotopic (exact) mass is 347 g/mol. The molecule has 0 aliphatic heterocycles. The van der Waals surface area contributed by atoms with Crippen LogP contribution >= 0.6 is 0 Å². The smallest absolute Gasteiger partial charge is 0.239 e. The van der Waals surface area contributed by atoms with Gasteiger partial charge in [-0.05, 0) is 38.5 Å². The zero-order chi connectivity index (χ0) is 18.4. The first-order valence-electron chi connectivity index (χ1n) is 8.11. The number of carbonyl (C=O) groups excluding carboxylic acids is 2. The molecule has 0 spiro atoms. The van der Waals surface area contributed by atoms with Crippen LogP contribution in [0.1, 0.15) is 29.5 Å². The lowest BCUT2D eigenvalue weighted by atomic mass is 10.1. The molecule has 1 aromatic heterocycles. The van der Waals surface area contributed by atoms with E-state index in [4.69, 9.17) is 4.52 Å². The Kier molecular flexibility index (Phi) is 6.27. The summed E-state index contributed by atoms with van der Waals surface area (Å²) in [7, 11) is 0. The van der Waals surface area contributed by atoms with E-state index in [1.54, 1.807) is 26.0 Å². The van der Waals surface area contributed by atoms with E-state index >= 15 is 0 Å². The average Bonchev–Trinajstić information content (AvgIpc) is 2.91. The fraction of sp³-hybridized carbons (Fsp3) is 0.389. The summed E-state index contributed by atoms with van der Waals surface area (Å²) >= 11 is 0. The Bertz CT molecular complexity index is 721. The summed E-state index contributed by atoms with van der Waals surface area (Å²) in [5.41, 5.74) is 2.23. The van der Waals surface area contributed by atoms with Gasteiger partial charge in [-0.2, -0.15) is 0 Å². The normalized spacial score (nSPS) is 10.6. The van der Waals surface area contributed by atoms with Gasteiger partial charge in [0.25, 0.3) is 0 Å². The molecular weight excluding hydrogens is 325 g/mol. The predicted molar refractivity (Wildman–Crippen MR) is 90.2 cm³/mol. The largest absolute Gasteiger partial charge is 0.361 e. The van der Waals surface area contributed by atoms with Crippen LogP contribution in [0.15, 0.2) is 28.8 Å². The van der Waals surface area contributed by atoms with Crippen LogP contribution in [0, 0.1) is 19.7 Å². The van der Waals surface area contributed by atoms with Crippen molar-refractivity contribution in [1.29, 1.82) is 0 Å². The second-order valence-electron chi connectivity index (χ2n) is 5.79. The van der Waals surface area contributed by atoms with Crippen LogP contribution in [-0.4, -0.2) is 35.0 Å². The lowest BCUT2D eigenvalue weighted by Gasteiger charge is -2.20. The molecule has 0 bridgehead atoms. The second-order valence-corrected chi connectivity index (χ2v) is 5.79. The molecule has 2 rings (SSSR count). The van der Waals surface area contributed by atoms with Crippen molar-refractivity contribution in [2.45, 2.75) is 33.7 Å². The number of benzene rings is 1. The first-order chi connectivity index (χ1) is 11.9.